The number of aliphatic carboxylic acids is 1. The van der Waals surface area contributed by atoms with Gasteiger partial charge in [0.25, 0.3) is 0 Å². The maximum absolute atomic E-state index is 10.6. The van der Waals surface area contributed by atoms with Gasteiger partial charge < -0.3 is 10.2 Å². The van der Waals surface area contributed by atoms with Gasteiger partial charge in [-0.1, -0.05) is 53.6 Å². The highest BCUT2D eigenvalue weighted by atomic mass is 16.4. The third-order valence-electron chi connectivity index (χ3n) is 5.68. The van der Waals surface area contributed by atoms with Gasteiger partial charge in [-0.2, -0.15) is 0 Å². The molecule has 0 saturated heterocycles. The third-order valence-corrected chi connectivity index (χ3v) is 5.68. The number of carboxylic acids is 1. The quantitative estimate of drug-likeness (QED) is 0.563. The molecule has 3 nitrogen and oxygen atoms in total. The summed E-state index contributed by atoms with van der Waals surface area (Å²) >= 11 is 0. The van der Waals surface area contributed by atoms with Gasteiger partial charge in [-0.05, 0) is 56.4 Å². The summed E-state index contributed by atoms with van der Waals surface area (Å²) in [7, 11) is 0. The molecule has 0 unspecified atom stereocenters. The average Bonchev–Trinajstić information content (AvgIpc) is 3.08. The van der Waals surface area contributed by atoms with Gasteiger partial charge in [0.1, 0.15) is 0 Å². The number of fused-ring (bicyclic) bond motifs is 1. The van der Waals surface area contributed by atoms with Gasteiger partial charge in [0.15, 0.2) is 0 Å². The number of allylic oxidation sites excluding steroid dienone is 2. The van der Waals surface area contributed by atoms with Gasteiger partial charge in [-0.25, -0.2) is 0 Å². The first-order valence-corrected chi connectivity index (χ1v) is 9.37. The molecule has 0 amide bonds. The maximum Gasteiger partial charge on any atom is 0.303 e. The minimum atomic E-state index is -0.707. The molecule has 0 bridgehead atoms. The molecule has 0 aromatic heterocycles. The Balaban J connectivity index is 1.55. The predicted octanol–water partition coefficient (Wildman–Crippen LogP) is 4.60. The molecule has 1 saturated carbocycles. The summed E-state index contributed by atoms with van der Waals surface area (Å²) in [6.45, 7) is 2.08. The van der Waals surface area contributed by atoms with Crippen LogP contribution in [0.25, 0.3) is 6.08 Å². The zero-order valence-corrected chi connectivity index (χ0v) is 14.9. The molecule has 2 aliphatic carbocycles. The fourth-order valence-corrected chi connectivity index (χ4v) is 4.32. The number of unbranched alkanes of at least 4 members (excludes halogenated alkanes) is 1. The van der Waals surface area contributed by atoms with E-state index in [1.165, 1.54) is 16.7 Å². The molecule has 4 atom stereocenters. The second-order valence-electron chi connectivity index (χ2n) is 7.61. The van der Waals surface area contributed by atoms with Crippen molar-refractivity contribution < 1.29 is 15.0 Å². The number of aliphatic hydroxyl groups is 1. The smallest absolute Gasteiger partial charge is 0.303 e. The first kappa shape index (κ1) is 17.9. The summed E-state index contributed by atoms with van der Waals surface area (Å²) in [4.78, 5) is 10.6. The molecular weight excluding hydrogens is 312 g/mol. The van der Waals surface area contributed by atoms with Crippen LogP contribution in [0, 0.1) is 24.7 Å². The Labute approximate surface area is 150 Å². The van der Waals surface area contributed by atoms with Crippen LogP contribution >= 0.6 is 0 Å². The van der Waals surface area contributed by atoms with Crippen molar-refractivity contribution in [2.45, 2.75) is 51.6 Å². The van der Waals surface area contributed by atoms with Crippen LogP contribution in [0.15, 0.2) is 42.0 Å². The first-order valence-electron chi connectivity index (χ1n) is 9.37. The van der Waals surface area contributed by atoms with Crippen LogP contribution in [0.2, 0.25) is 0 Å². The highest BCUT2D eigenvalue weighted by molar-refractivity contribution is 5.66. The van der Waals surface area contributed by atoms with E-state index in [0.717, 1.165) is 32.1 Å². The summed E-state index contributed by atoms with van der Waals surface area (Å²) in [6.07, 6.45) is 11.3. The molecule has 0 spiro atoms. The lowest BCUT2D eigenvalue weighted by Gasteiger charge is -2.18. The molecule has 134 valence electrons. The Morgan fingerprint density at radius 3 is 2.72 bits per heavy atom. The Hall–Kier alpha value is -1.87. The Morgan fingerprint density at radius 2 is 2.00 bits per heavy atom. The van der Waals surface area contributed by atoms with Crippen LogP contribution in [0.4, 0.5) is 0 Å². The van der Waals surface area contributed by atoms with Crippen LogP contribution in [0.5, 0.6) is 0 Å². The fraction of sp³-hybridized carbons (Fsp3) is 0.500. The van der Waals surface area contributed by atoms with Crippen molar-refractivity contribution in [3.8, 4) is 0 Å². The summed E-state index contributed by atoms with van der Waals surface area (Å²) in [5.74, 6) is 0.504. The van der Waals surface area contributed by atoms with E-state index in [9.17, 15) is 9.90 Å². The number of benzene rings is 1. The molecule has 1 fully saturated rings. The van der Waals surface area contributed by atoms with Crippen molar-refractivity contribution in [2.24, 2.45) is 17.8 Å². The van der Waals surface area contributed by atoms with E-state index in [1.54, 1.807) is 0 Å². The van der Waals surface area contributed by atoms with Gasteiger partial charge >= 0.3 is 5.97 Å². The minimum absolute atomic E-state index is 0.221. The molecule has 1 aromatic rings. The van der Waals surface area contributed by atoms with Crippen LogP contribution in [-0.2, 0) is 4.79 Å². The Kier molecular flexibility index (Phi) is 5.74. The van der Waals surface area contributed by atoms with Crippen molar-refractivity contribution in [3.63, 3.8) is 0 Å². The lowest BCUT2D eigenvalue weighted by Crippen LogP contribution is -2.16. The number of aliphatic hydroxyl groups excluding tert-OH is 1. The summed E-state index contributed by atoms with van der Waals surface area (Å²) in [5.41, 5.74) is 3.90. The predicted molar refractivity (Wildman–Crippen MR) is 100 cm³/mol. The van der Waals surface area contributed by atoms with Crippen molar-refractivity contribution in [1.82, 2.24) is 0 Å². The molecule has 0 heterocycles. The van der Waals surface area contributed by atoms with Crippen molar-refractivity contribution in [3.05, 3.63) is 53.1 Å². The van der Waals surface area contributed by atoms with Gasteiger partial charge in [0.05, 0.1) is 6.10 Å². The van der Waals surface area contributed by atoms with Gasteiger partial charge in [0.2, 0.25) is 0 Å². The van der Waals surface area contributed by atoms with E-state index in [-0.39, 0.29) is 18.4 Å². The topological polar surface area (TPSA) is 57.5 Å². The monoisotopic (exact) mass is 340 g/mol. The summed E-state index contributed by atoms with van der Waals surface area (Å²) in [6, 6.07) is 8.46. The number of aryl methyl sites for hydroxylation is 1. The maximum atomic E-state index is 10.6. The van der Waals surface area contributed by atoms with Gasteiger partial charge in [0, 0.05) is 12.3 Å². The van der Waals surface area contributed by atoms with Gasteiger partial charge in [-0.3, -0.25) is 4.79 Å². The molecule has 2 aliphatic rings. The first-order chi connectivity index (χ1) is 12.0. The Bertz CT molecular complexity index is 656. The standard InChI is InChI=1S/C22H28O3/c1-15-6-8-16(9-7-15)10-11-19-20-13-17(4-2-3-5-22(24)25)12-18(20)14-21(19)23/h6-12,18-21,23H,2-5,13-14H2,1H3,(H,24,25)/b11-10+/t18-,19+,20-,21+/m0/s1. The van der Waals surface area contributed by atoms with Gasteiger partial charge in [-0.15, -0.1) is 0 Å². The van der Waals surface area contributed by atoms with Crippen LogP contribution in [0.3, 0.4) is 0 Å². The SMILES string of the molecule is Cc1ccc(/C=C/[C@@H]2[C@H]3CC(CCCCC(=O)O)=C[C@H]3C[C@H]2O)cc1. The molecule has 0 aliphatic heterocycles. The van der Waals surface area contributed by atoms with E-state index in [1.807, 2.05) is 0 Å². The van der Waals surface area contributed by atoms with E-state index >= 15 is 0 Å². The second kappa shape index (κ2) is 8.01. The Morgan fingerprint density at radius 1 is 1.24 bits per heavy atom. The van der Waals surface area contributed by atoms with Crippen molar-refractivity contribution in [2.75, 3.05) is 0 Å². The average molecular weight is 340 g/mol. The van der Waals surface area contributed by atoms with E-state index < -0.39 is 5.97 Å². The molecule has 2 N–H and O–H groups in total. The summed E-state index contributed by atoms with van der Waals surface area (Å²) < 4.78 is 0. The molecule has 3 rings (SSSR count). The third kappa shape index (κ3) is 4.60. The van der Waals surface area contributed by atoms with Crippen LogP contribution < -0.4 is 0 Å². The molecular formula is C22H28O3. The van der Waals surface area contributed by atoms with Crippen LogP contribution in [0.1, 0.15) is 49.7 Å². The lowest BCUT2D eigenvalue weighted by atomic mass is 9.88. The second-order valence-corrected chi connectivity index (χ2v) is 7.61. The molecule has 1 aromatic carbocycles. The van der Waals surface area contributed by atoms with Crippen molar-refractivity contribution >= 4 is 12.0 Å². The minimum Gasteiger partial charge on any atom is -0.481 e. The zero-order valence-electron chi connectivity index (χ0n) is 14.9. The van der Waals surface area contributed by atoms with E-state index in [4.69, 9.17) is 5.11 Å². The molecule has 0 radical (unpaired) electrons. The fourth-order valence-electron chi connectivity index (χ4n) is 4.32. The molecule has 3 heteroatoms. The number of rotatable bonds is 7. The largest absolute Gasteiger partial charge is 0.481 e. The lowest BCUT2D eigenvalue weighted by molar-refractivity contribution is -0.137. The van der Waals surface area contributed by atoms with E-state index in [2.05, 4.69) is 49.4 Å². The number of carboxylic acid groups (broad SMARTS) is 1. The summed E-state index contributed by atoms with van der Waals surface area (Å²) in [5, 5.41) is 19.2. The highest BCUT2D eigenvalue weighted by Crippen LogP contribution is 2.48. The van der Waals surface area contributed by atoms with Crippen molar-refractivity contribution in [1.29, 1.82) is 0 Å². The molecule has 25 heavy (non-hydrogen) atoms. The van der Waals surface area contributed by atoms with E-state index in [0.29, 0.717) is 11.8 Å². The highest BCUT2D eigenvalue weighted by Gasteiger charge is 2.43. The van der Waals surface area contributed by atoms with Crippen LogP contribution in [-0.4, -0.2) is 22.3 Å². The number of hydrogen-bond donors (Lipinski definition) is 2. The normalized spacial score (nSPS) is 28.3. The zero-order chi connectivity index (χ0) is 17.8. The number of hydrogen-bond acceptors (Lipinski definition) is 2. The number of carbonyl (C=O) groups is 1.